The predicted octanol–water partition coefficient (Wildman–Crippen LogP) is 4.11. The Labute approximate surface area is 112 Å². The van der Waals surface area contributed by atoms with E-state index in [-0.39, 0.29) is 5.69 Å². The summed E-state index contributed by atoms with van der Waals surface area (Å²) in [6.45, 7) is 0. The van der Waals surface area contributed by atoms with Gasteiger partial charge in [-0.3, -0.25) is 15.1 Å². The van der Waals surface area contributed by atoms with Gasteiger partial charge in [0.05, 0.1) is 10.6 Å². The van der Waals surface area contributed by atoms with Crippen molar-refractivity contribution < 1.29 is 4.92 Å². The number of nitro benzene ring substituents is 1. The van der Waals surface area contributed by atoms with Gasteiger partial charge in [-0.2, -0.15) is 0 Å². The highest BCUT2D eigenvalue weighted by atomic mass is 79.9. The first-order valence-electron chi connectivity index (χ1n) is 5.20. The standard InChI is InChI=1S/C13H9BrN2O2/c14-12-3-1-2-4-13(12)15-9-10-5-7-11(8-6-10)16(17)18/h1-9H. The lowest BCUT2D eigenvalue weighted by Gasteiger charge is -1.97. The number of rotatable bonds is 3. The van der Waals surface area contributed by atoms with E-state index in [1.54, 1.807) is 18.3 Å². The summed E-state index contributed by atoms with van der Waals surface area (Å²) < 4.78 is 0.906. The molecule has 0 unspecified atom stereocenters. The lowest BCUT2D eigenvalue weighted by molar-refractivity contribution is -0.384. The van der Waals surface area contributed by atoms with Crippen molar-refractivity contribution in [3.63, 3.8) is 0 Å². The molecule has 0 radical (unpaired) electrons. The molecule has 0 saturated carbocycles. The highest BCUT2D eigenvalue weighted by molar-refractivity contribution is 9.10. The Balaban J connectivity index is 2.19. The second kappa shape index (κ2) is 5.55. The van der Waals surface area contributed by atoms with Crippen LogP contribution in [0.3, 0.4) is 0 Å². The average Bonchev–Trinajstić information content (AvgIpc) is 2.38. The van der Waals surface area contributed by atoms with Crippen LogP contribution < -0.4 is 0 Å². The van der Waals surface area contributed by atoms with Crippen molar-refractivity contribution in [3.05, 3.63) is 68.7 Å². The third kappa shape index (κ3) is 3.01. The molecule has 0 aromatic heterocycles. The molecule has 0 fully saturated rings. The third-order valence-electron chi connectivity index (χ3n) is 2.31. The van der Waals surface area contributed by atoms with E-state index in [1.165, 1.54) is 12.1 Å². The number of non-ortho nitro benzene ring substituents is 1. The van der Waals surface area contributed by atoms with Gasteiger partial charge in [0.1, 0.15) is 0 Å². The van der Waals surface area contributed by atoms with Crippen molar-refractivity contribution in [3.8, 4) is 0 Å². The highest BCUT2D eigenvalue weighted by Gasteiger charge is 2.02. The van der Waals surface area contributed by atoms with Crippen molar-refractivity contribution in [2.24, 2.45) is 4.99 Å². The van der Waals surface area contributed by atoms with Gasteiger partial charge in [0, 0.05) is 22.8 Å². The van der Waals surface area contributed by atoms with Crippen molar-refractivity contribution in [1.82, 2.24) is 0 Å². The Morgan fingerprint density at radius 3 is 2.39 bits per heavy atom. The molecule has 2 aromatic rings. The van der Waals surface area contributed by atoms with Gasteiger partial charge >= 0.3 is 0 Å². The number of aliphatic imine (C=N–C) groups is 1. The summed E-state index contributed by atoms with van der Waals surface area (Å²) in [6, 6.07) is 13.8. The third-order valence-corrected chi connectivity index (χ3v) is 2.98. The van der Waals surface area contributed by atoms with Crippen molar-refractivity contribution in [1.29, 1.82) is 0 Å². The molecule has 90 valence electrons. The molecule has 0 aliphatic rings. The molecule has 4 nitrogen and oxygen atoms in total. The van der Waals surface area contributed by atoms with Crippen molar-refractivity contribution in [2.75, 3.05) is 0 Å². The average molecular weight is 305 g/mol. The van der Waals surface area contributed by atoms with Crippen LogP contribution in [0, 0.1) is 10.1 Å². The topological polar surface area (TPSA) is 55.5 Å². The monoisotopic (exact) mass is 304 g/mol. The maximum Gasteiger partial charge on any atom is 0.269 e. The summed E-state index contributed by atoms with van der Waals surface area (Å²) in [5.41, 5.74) is 1.71. The van der Waals surface area contributed by atoms with Crippen LogP contribution >= 0.6 is 15.9 Å². The fraction of sp³-hybridized carbons (Fsp3) is 0. The van der Waals surface area contributed by atoms with Crippen LogP contribution in [0.2, 0.25) is 0 Å². The van der Waals surface area contributed by atoms with Crippen LogP contribution in [0.1, 0.15) is 5.56 Å². The predicted molar refractivity (Wildman–Crippen MR) is 74.5 cm³/mol. The molecule has 2 rings (SSSR count). The summed E-state index contributed by atoms with van der Waals surface area (Å²) in [6.07, 6.45) is 1.67. The van der Waals surface area contributed by atoms with Gasteiger partial charge in [0.2, 0.25) is 0 Å². The largest absolute Gasteiger partial charge is 0.269 e. The number of halogens is 1. The second-order valence-corrected chi connectivity index (χ2v) is 4.41. The normalized spacial score (nSPS) is 10.7. The number of hydrogen-bond donors (Lipinski definition) is 0. The van der Waals surface area contributed by atoms with Crippen LogP contribution in [0.5, 0.6) is 0 Å². The molecule has 0 aliphatic carbocycles. The van der Waals surface area contributed by atoms with Crippen LogP contribution in [0.25, 0.3) is 0 Å². The molecule has 18 heavy (non-hydrogen) atoms. The zero-order chi connectivity index (χ0) is 13.0. The molecular weight excluding hydrogens is 296 g/mol. The van der Waals surface area contributed by atoms with E-state index in [0.29, 0.717) is 0 Å². The van der Waals surface area contributed by atoms with E-state index in [2.05, 4.69) is 20.9 Å². The van der Waals surface area contributed by atoms with E-state index in [9.17, 15) is 10.1 Å². The van der Waals surface area contributed by atoms with Gasteiger partial charge in [-0.1, -0.05) is 12.1 Å². The van der Waals surface area contributed by atoms with E-state index in [4.69, 9.17) is 0 Å². The molecule has 0 saturated heterocycles. The van der Waals surface area contributed by atoms with Crippen molar-refractivity contribution >= 4 is 33.5 Å². The Kier molecular flexibility index (Phi) is 3.84. The Morgan fingerprint density at radius 2 is 1.78 bits per heavy atom. The fourth-order valence-electron chi connectivity index (χ4n) is 1.38. The zero-order valence-corrected chi connectivity index (χ0v) is 10.9. The minimum atomic E-state index is -0.422. The second-order valence-electron chi connectivity index (χ2n) is 3.56. The van der Waals surface area contributed by atoms with Crippen LogP contribution in [-0.2, 0) is 0 Å². The summed E-state index contributed by atoms with van der Waals surface area (Å²) in [5.74, 6) is 0. The number of nitrogens with zero attached hydrogens (tertiary/aromatic N) is 2. The summed E-state index contributed by atoms with van der Waals surface area (Å²) in [4.78, 5) is 14.4. The maximum absolute atomic E-state index is 10.5. The number of nitro groups is 1. The van der Waals surface area contributed by atoms with E-state index < -0.39 is 4.92 Å². The fourth-order valence-corrected chi connectivity index (χ4v) is 1.77. The molecule has 2 aromatic carbocycles. The Bertz CT molecular complexity index is 594. The minimum Gasteiger partial charge on any atom is -0.258 e. The molecule has 0 aliphatic heterocycles. The molecule has 0 heterocycles. The lowest BCUT2D eigenvalue weighted by atomic mass is 10.2. The smallest absolute Gasteiger partial charge is 0.258 e. The summed E-state index contributed by atoms with van der Waals surface area (Å²) >= 11 is 3.40. The first kappa shape index (κ1) is 12.4. The maximum atomic E-state index is 10.5. The van der Waals surface area contributed by atoms with Crippen LogP contribution in [-0.4, -0.2) is 11.1 Å². The molecule has 0 amide bonds. The highest BCUT2D eigenvalue weighted by Crippen LogP contribution is 2.24. The van der Waals surface area contributed by atoms with Gasteiger partial charge in [-0.05, 0) is 45.8 Å². The molecule has 0 spiro atoms. The van der Waals surface area contributed by atoms with Crippen LogP contribution in [0.4, 0.5) is 11.4 Å². The van der Waals surface area contributed by atoms with E-state index in [0.717, 1.165) is 15.7 Å². The van der Waals surface area contributed by atoms with Gasteiger partial charge in [-0.25, -0.2) is 0 Å². The molecule has 0 bridgehead atoms. The van der Waals surface area contributed by atoms with Gasteiger partial charge in [0.15, 0.2) is 0 Å². The minimum absolute atomic E-state index is 0.0769. The first-order chi connectivity index (χ1) is 8.66. The number of benzene rings is 2. The zero-order valence-electron chi connectivity index (χ0n) is 9.29. The Hall–Kier alpha value is -2.01. The number of para-hydroxylation sites is 1. The molecule has 0 atom stereocenters. The Morgan fingerprint density at radius 1 is 1.11 bits per heavy atom. The van der Waals surface area contributed by atoms with Crippen LogP contribution in [0.15, 0.2) is 58.0 Å². The first-order valence-corrected chi connectivity index (χ1v) is 5.99. The lowest BCUT2D eigenvalue weighted by Crippen LogP contribution is -1.88. The van der Waals surface area contributed by atoms with E-state index in [1.807, 2.05) is 24.3 Å². The van der Waals surface area contributed by atoms with Gasteiger partial charge in [-0.15, -0.1) is 0 Å². The van der Waals surface area contributed by atoms with E-state index >= 15 is 0 Å². The molecule has 5 heteroatoms. The van der Waals surface area contributed by atoms with Crippen molar-refractivity contribution in [2.45, 2.75) is 0 Å². The molecule has 0 N–H and O–H groups in total. The summed E-state index contributed by atoms with van der Waals surface area (Å²) in [5, 5.41) is 10.5. The SMILES string of the molecule is O=[N+]([O-])c1ccc(C=Nc2ccccc2Br)cc1. The quantitative estimate of drug-likeness (QED) is 0.487. The molecular formula is C13H9BrN2O2. The summed E-state index contributed by atoms with van der Waals surface area (Å²) in [7, 11) is 0. The van der Waals surface area contributed by atoms with Gasteiger partial charge < -0.3 is 0 Å². The number of hydrogen-bond acceptors (Lipinski definition) is 3. The van der Waals surface area contributed by atoms with Gasteiger partial charge in [0.25, 0.3) is 5.69 Å².